The molecule has 110 valence electrons. The molecule has 2 heteroatoms. The summed E-state index contributed by atoms with van der Waals surface area (Å²) in [5.74, 6) is 1.39. The Morgan fingerprint density at radius 1 is 1.15 bits per heavy atom. The van der Waals surface area contributed by atoms with Gasteiger partial charge in [-0.25, -0.2) is 0 Å². The topological polar surface area (TPSA) is 29.1 Å². The Balaban J connectivity index is 1.63. The quantitative estimate of drug-likeness (QED) is 0.835. The maximum atomic E-state index is 11.8. The highest BCUT2D eigenvalue weighted by molar-refractivity contribution is 5.78. The summed E-state index contributed by atoms with van der Waals surface area (Å²) in [4.78, 5) is 11.8. The molecular formula is C18H27NO. The zero-order valence-electron chi connectivity index (χ0n) is 12.6. The maximum Gasteiger partial charge on any atom is 0.223 e. The van der Waals surface area contributed by atoms with Crippen LogP contribution in [0.2, 0.25) is 0 Å². The molecule has 0 saturated heterocycles. The molecule has 1 aromatic rings. The number of rotatable bonds is 6. The predicted molar refractivity (Wildman–Crippen MR) is 83.5 cm³/mol. The Bertz CT molecular complexity index is 393. The van der Waals surface area contributed by atoms with Gasteiger partial charge in [-0.15, -0.1) is 0 Å². The van der Waals surface area contributed by atoms with Crippen LogP contribution in [-0.4, -0.2) is 12.5 Å². The molecule has 0 bridgehead atoms. The van der Waals surface area contributed by atoms with Crippen molar-refractivity contribution in [2.24, 2.45) is 11.8 Å². The third kappa shape index (κ3) is 4.66. The number of nitrogens with one attached hydrogen (secondary N) is 1. The highest BCUT2D eigenvalue weighted by Gasteiger charge is 2.25. The Labute approximate surface area is 123 Å². The van der Waals surface area contributed by atoms with E-state index >= 15 is 0 Å². The van der Waals surface area contributed by atoms with E-state index in [4.69, 9.17) is 0 Å². The van der Waals surface area contributed by atoms with Crippen molar-refractivity contribution in [3.05, 3.63) is 35.9 Å². The zero-order valence-corrected chi connectivity index (χ0v) is 12.6. The van der Waals surface area contributed by atoms with E-state index in [0.717, 1.165) is 25.3 Å². The second-order valence-corrected chi connectivity index (χ2v) is 5.99. The smallest absolute Gasteiger partial charge is 0.223 e. The molecular weight excluding hydrogens is 246 g/mol. The molecule has 0 atom stereocenters. The number of carbonyl (C=O) groups is 1. The van der Waals surface area contributed by atoms with Crippen LogP contribution in [0.3, 0.4) is 0 Å². The first-order valence-corrected chi connectivity index (χ1v) is 8.11. The average molecular weight is 273 g/mol. The largest absolute Gasteiger partial charge is 0.356 e. The van der Waals surface area contributed by atoms with Crippen molar-refractivity contribution in [2.45, 2.75) is 51.9 Å². The third-order valence-electron chi connectivity index (χ3n) is 4.49. The summed E-state index contributed by atoms with van der Waals surface area (Å²) in [5.41, 5.74) is 1.45. The third-order valence-corrected chi connectivity index (χ3v) is 4.49. The Kier molecular flexibility index (Phi) is 6.10. The van der Waals surface area contributed by atoms with E-state index < -0.39 is 0 Å². The number of aryl methyl sites for hydroxylation is 1. The number of hydrogen-bond acceptors (Lipinski definition) is 1. The SMILES string of the molecule is CCNC(=O)C1CCC(CCCc2ccccc2)CC1. The van der Waals surface area contributed by atoms with Crippen LogP contribution >= 0.6 is 0 Å². The molecule has 2 nitrogen and oxygen atoms in total. The van der Waals surface area contributed by atoms with E-state index in [-0.39, 0.29) is 11.8 Å². The zero-order chi connectivity index (χ0) is 14.2. The molecule has 1 N–H and O–H groups in total. The normalized spacial score (nSPS) is 22.4. The van der Waals surface area contributed by atoms with Crippen LogP contribution in [0.4, 0.5) is 0 Å². The average Bonchev–Trinajstić information content (AvgIpc) is 2.49. The Hall–Kier alpha value is -1.31. The lowest BCUT2D eigenvalue weighted by molar-refractivity contribution is -0.126. The summed E-state index contributed by atoms with van der Waals surface area (Å²) >= 11 is 0. The van der Waals surface area contributed by atoms with Gasteiger partial charge in [0.05, 0.1) is 0 Å². The molecule has 1 saturated carbocycles. The van der Waals surface area contributed by atoms with Gasteiger partial charge in [0.1, 0.15) is 0 Å². The Morgan fingerprint density at radius 2 is 1.85 bits per heavy atom. The van der Waals surface area contributed by atoms with Crippen LogP contribution in [-0.2, 0) is 11.2 Å². The van der Waals surface area contributed by atoms with E-state index in [1.807, 2.05) is 6.92 Å². The highest BCUT2D eigenvalue weighted by Crippen LogP contribution is 2.32. The first kappa shape index (κ1) is 15.1. The summed E-state index contributed by atoms with van der Waals surface area (Å²) in [6.45, 7) is 2.75. The fraction of sp³-hybridized carbons (Fsp3) is 0.611. The van der Waals surface area contributed by atoms with E-state index in [2.05, 4.69) is 35.6 Å². The molecule has 1 fully saturated rings. The molecule has 0 heterocycles. The highest BCUT2D eigenvalue weighted by atomic mass is 16.1. The van der Waals surface area contributed by atoms with Crippen LogP contribution in [0, 0.1) is 11.8 Å². The molecule has 0 unspecified atom stereocenters. The molecule has 1 aromatic carbocycles. The molecule has 1 aliphatic rings. The van der Waals surface area contributed by atoms with Gasteiger partial charge in [0.15, 0.2) is 0 Å². The molecule has 0 aliphatic heterocycles. The van der Waals surface area contributed by atoms with Crippen molar-refractivity contribution in [3.63, 3.8) is 0 Å². The van der Waals surface area contributed by atoms with Gasteiger partial charge in [-0.05, 0) is 56.9 Å². The summed E-state index contributed by atoms with van der Waals surface area (Å²) in [7, 11) is 0. The minimum atomic E-state index is 0.273. The van der Waals surface area contributed by atoms with Gasteiger partial charge in [-0.3, -0.25) is 4.79 Å². The van der Waals surface area contributed by atoms with Gasteiger partial charge in [0.25, 0.3) is 0 Å². The van der Waals surface area contributed by atoms with Crippen molar-refractivity contribution >= 4 is 5.91 Å². The fourth-order valence-electron chi connectivity index (χ4n) is 3.27. The van der Waals surface area contributed by atoms with Crippen LogP contribution in [0.25, 0.3) is 0 Å². The summed E-state index contributed by atoms with van der Waals surface area (Å²) in [6.07, 6.45) is 8.42. The summed E-state index contributed by atoms with van der Waals surface area (Å²) < 4.78 is 0. The number of benzene rings is 1. The molecule has 2 rings (SSSR count). The molecule has 0 radical (unpaired) electrons. The van der Waals surface area contributed by atoms with Crippen molar-refractivity contribution in [3.8, 4) is 0 Å². The number of amides is 1. The van der Waals surface area contributed by atoms with Gasteiger partial charge in [0.2, 0.25) is 5.91 Å². The van der Waals surface area contributed by atoms with E-state index in [1.54, 1.807) is 0 Å². The van der Waals surface area contributed by atoms with Crippen LogP contribution in [0.5, 0.6) is 0 Å². The Morgan fingerprint density at radius 3 is 2.50 bits per heavy atom. The van der Waals surface area contributed by atoms with E-state index in [9.17, 15) is 4.79 Å². The number of carbonyl (C=O) groups excluding carboxylic acids is 1. The second-order valence-electron chi connectivity index (χ2n) is 5.99. The van der Waals surface area contributed by atoms with E-state index in [1.165, 1.54) is 37.7 Å². The fourth-order valence-corrected chi connectivity index (χ4v) is 3.27. The van der Waals surface area contributed by atoms with Gasteiger partial charge < -0.3 is 5.32 Å². The standard InChI is InChI=1S/C18H27NO/c1-2-19-18(20)17-13-11-16(12-14-17)10-6-9-15-7-4-3-5-8-15/h3-5,7-8,16-17H,2,6,9-14H2,1H3,(H,19,20). The van der Waals surface area contributed by atoms with Gasteiger partial charge in [-0.2, -0.15) is 0 Å². The summed E-state index contributed by atoms with van der Waals surface area (Å²) in [5, 5.41) is 2.96. The lowest BCUT2D eigenvalue weighted by Gasteiger charge is -2.27. The van der Waals surface area contributed by atoms with Crippen LogP contribution < -0.4 is 5.32 Å². The van der Waals surface area contributed by atoms with Gasteiger partial charge in [-0.1, -0.05) is 36.8 Å². The first-order valence-electron chi connectivity index (χ1n) is 8.11. The van der Waals surface area contributed by atoms with E-state index in [0.29, 0.717) is 0 Å². The van der Waals surface area contributed by atoms with Crippen molar-refractivity contribution in [2.75, 3.05) is 6.54 Å². The minimum absolute atomic E-state index is 0.273. The molecule has 0 spiro atoms. The molecule has 0 aromatic heterocycles. The predicted octanol–water partition coefficient (Wildman–Crippen LogP) is 3.95. The van der Waals surface area contributed by atoms with Gasteiger partial charge in [0, 0.05) is 12.5 Å². The van der Waals surface area contributed by atoms with Gasteiger partial charge >= 0.3 is 0 Å². The monoisotopic (exact) mass is 273 g/mol. The number of hydrogen-bond donors (Lipinski definition) is 1. The van der Waals surface area contributed by atoms with Crippen molar-refractivity contribution < 1.29 is 4.79 Å². The first-order chi connectivity index (χ1) is 9.79. The second kappa shape index (κ2) is 8.08. The van der Waals surface area contributed by atoms with Crippen molar-refractivity contribution in [1.82, 2.24) is 5.32 Å². The lowest BCUT2D eigenvalue weighted by Crippen LogP contribution is -2.32. The van der Waals surface area contributed by atoms with Crippen LogP contribution in [0.15, 0.2) is 30.3 Å². The molecule has 1 amide bonds. The maximum absolute atomic E-state index is 11.8. The molecule has 20 heavy (non-hydrogen) atoms. The molecule has 1 aliphatic carbocycles. The van der Waals surface area contributed by atoms with Crippen LogP contribution in [0.1, 0.15) is 51.0 Å². The minimum Gasteiger partial charge on any atom is -0.356 e. The van der Waals surface area contributed by atoms with Crippen molar-refractivity contribution in [1.29, 1.82) is 0 Å². The lowest BCUT2D eigenvalue weighted by atomic mass is 9.79. The summed E-state index contributed by atoms with van der Waals surface area (Å²) in [6, 6.07) is 10.7.